The quantitative estimate of drug-likeness (QED) is 0.367. The zero-order valence-electron chi connectivity index (χ0n) is 18.3. The van der Waals surface area contributed by atoms with E-state index in [4.69, 9.17) is 5.73 Å². The molecule has 178 valence electrons. The molecule has 0 spiro atoms. The molecule has 0 aromatic heterocycles. The molecule has 0 unspecified atom stereocenters. The molecule has 0 bridgehead atoms. The Hall–Kier alpha value is -3.31. The van der Waals surface area contributed by atoms with Gasteiger partial charge in [-0.1, -0.05) is 13.8 Å². The molecule has 0 aliphatic carbocycles. The van der Waals surface area contributed by atoms with Gasteiger partial charge in [-0.3, -0.25) is 24.0 Å². The minimum Gasteiger partial charge on any atom is -0.370 e. The van der Waals surface area contributed by atoms with E-state index >= 15 is 0 Å². The fourth-order valence-electron chi connectivity index (χ4n) is 2.59. The molecule has 0 aromatic carbocycles. The van der Waals surface area contributed by atoms with E-state index in [1.165, 1.54) is 0 Å². The van der Waals surface area contributed by atoms with Crippen molar-refractivity contribution in [2.24, 2.45) is 11.7 Å². The van der Waals surface area contributed by atoms with Crippen LogP contribution < -0.4 is 5.73 Å². The predicted octanol–water partition coefficient (Wildman–Crippen LogP) is 0.669. The van der Waals surface area contributed by atoms with Crippen LogP contribution in [0.2, 0.25) is 0 Å². The molecule has 32 heavy (non-hydrogen) atoms. The number of hydrogen-bond acceptors (Lipinski definition) is 9. The van der Waals surface area contributed by atoms with Crippen molar-refractivity contribution >= 4 is 41.5 Å². The largest absolute Gasteiger partial charge is 0.370 e. The van der Waals surface area contributed by atoms with Crippen molar-refractivity contribution in [1.82, 2.24) is 10.1 Å². The maximum Gasteiger partial charge on any atom is 0.333 e. The third kappa shape index (κ3) is 9.67. The van der Waals surface area contributed by atoms with E-state index in [9.17, 15) is 33.6 Å². The second-order valence-electron chi connectivity index (χ2n) is 7.70. The van der Waals surface area contributed by atoms with Crippen molar-refractivity contribution in [3.8, 4) is 0 Å². The first-order valence-corrected chi connectivity index (χ1v) is 10.4. The van der Waals surface area contributed by atoms with Gasteiger partial charge in [-0.2, -0.15) is 0 Å². The lowest BCUT2D eigenvalue weighted by molar-refractivity contribution is -0.197. The molecule has 2 rings (SSSR count). The van der Waals surface area contributed by atoms with E-state index in [0.29, 0.717) is 35.3 Å². The lowest BCUT2D eigenvalue weighted by Gasteiger charge is -2.12. The van der Waals surface area contributed by atoms with E-state index in [0.717, 1.165) is 0 Å². The molecule has 2 aliphatic rings. The van der Waals surface area contributed by atoms with Crippen molar-refractivity contribution < 1.29 is 43.2 Å². The first-order chi connectivity index (χ1) is 15.0. The van der Waals surface area contributed by atoms with Crippen LogP contribution in [-0.2, 0) is 43.2 Å². The number of rotatable bonds is 10. The third-order valence-electron chi connectivity index (χ3n) is 4.38. The topological polar surface area (TPSA) is 170 Å². The standard InChI is InChI=1S/C10H14N2O5.C10H15NO4/c11-7(13)3-1-2-4-10(16)17-12-8(14)5-6-9(12)15;1-7(2)3-6-10(14)15-11-8(12)4-5-9(11)13/h1-6H2,(H2,11,13);7H,3-6H2,1-2H3. The van der Waals surface area contributed by atoms with Gasteiger partial charge in [0.2, 0.25) is 5.91 Å². The van der Waals surface area contributed by atoms with Crippen LogP contribution in [0.4, 0.5) is 0 Å². The van der Waals surface area contributed by atoms with Crippen LogP contribution in [0.25, 0.3) is 0 Å². The first-order valence-electron chi connectivity index (χ1n) is 10.4. The van der Waals surface area contributed by atoms with Crippen LogP contribution in [0.1, 0.15) is 78.1 Å². The highest BCUT2D eigenvalue weighted by Gasteiger charge is 2.33. The Morgan fingerprint density at radius 2 is 1.12 bits per heavy atom. The van der Waals surface area contributed by atoms with Crippen LogP contribution in [-0.4, -0.2) is 51.6 Å². The maximum absolute atomic E-state index is 11.3. The van der Waals surface area contributed by atoms with Gasteiger partial charge in [0.15, 0.2) is 0 Å². The summed E-state index contributed by atoms with van der Waals surface area (Å²) in [5.74, 6) is -3.08. The van der Waals surface area contributed by atoms with E-state index in [2.05, 4.69) is 9.68 Å². The van der Waals surface area contributed by atoms with Gasteiger partial charge in [0.25, 0.3) is 23.6 Å². The SMILES string of the molecule is CC(C)CCC(=O)ON1C(=O)CCC1=O.NC(=O)CCCCC(=O)ON1C(=O)CCC1=O. The first kappa shape index (κ1) is 26.7. The second kappa shape index (κ2) is 13.2. The molecular weight excluding hydrogens is 426 g/mol. The van der Waals surface area contributed by atoms with Gasteiger partial charge < -0.3 is 15.4 Å². The van der Waals surface area contributed by atoms with Gasteiger partial charge >= 0.3 is 11.9 Å². The molecule has 2 fully saturated rings. The summed E-state index contributed by atoms with van der Waals surface area (Å²) in [6, 6.07) is 0. The molecule has 2 saturated heterocycles. The van der Waals surface area contributed by atoms with Crippen LogP contribution in [0.15, 0.2) is 0 Å². The number of nitrogens with zero attached hydrogens (tertiary/aromatic N) is 2. The van der Waals surface area contributed by atoms with Crippen LogP contribution >= 0.6 is 0 Å². The normalized spacial score (nSPS) is 15.7. The van der Waals surface area contributed by atoms with Crippen molar-refractivity contribution in [2.75, 3.05) is 0 Å². The number of amides is 5. The average Bonchev–Trinajstić information content (AvgIpc) is 3.20. The lowest BCUT2D eigenvalue weighted by atomic mass is 10.1. The molecule has 2 aliphatic heterocycles. The van der Waals surface area contributed by atoms with E-state index < -0.39 is 41.5 Å². The minimum absolute atomic E-state index is 0.0460. The summed E-state index contributed by atoms with van der Waals surface area (Å²) in [6.07, 6.45) is 2.50. The minimum atomic E-state index is -0.655. The molecular formula is C20H29N3O9. The Kier molecular flexibility index (Phi) is 11.0. The van der Waals surface area contributed by atoms with E-state index in [-0.39, 0.29) is 44.9 Å². The number of carbonyl (C=O) groups is 7. The summed E-state index contributed by atoms with van der Waals surface area (Å²) < 4.78 is 0. The number of nitrogens with two attached hydrogens (primary N) is 1. The zero-order valence-corrected chi connectivity index (χ0v) is 18.3. The number of hydrogen-bond donors (Lipinski definition) is 1. The number of imide groups is 2. The predicted molar refractivity (Wildman–Crippen MR) is 106 cm³/mol. The summed E-state index contributed by atoms with van der Waals surface area (Å²) in [6.45, 7) is 3.97. The summed E-state index contributed by atoms with van der Waals surface area (Å²) in [5, 5.41) is 1.10. The van der Waals surface area contributed by atoms with E-state index in [1.807, 2.05) is 13.8 Å². The molecule has 0 saturated carbocycles. The second-order valence-corrected chi connectivity index (χ2v) is 7.70. The number of unbranched alkanes of at least 4 members (excludes halogenated alkanes) is 1. The van der Waals surface area contributed by atoms with Crippen LogP contribution in [0.3, 0.4) is 0 Å². The fraction of sp³-hybridized carbons (Fsp3) is 0.650. The summed E-state index contributed by atoms with van der Waals surface area (Å²) in [7, 11) is 0. The van der Waals surface area contributed by atoms with Gasteiger partial charge in [0.1, 0.15) is 0 Å². The Morgan fingerprint density at radius 1 is 0.750 bits per heavy atom. The molecule has 12 heteroatoms. The van der Waals surface area contributed by atoms with Crippen molar-refractivity contribution in [3.05, 3.63) is 0 Å². The number of hydroxylamine groups is 4. The number of primary amides is 1. The van der Waals surface area contributed by atoms with Crippen molar-refractivity contribution in [2.45, 2.75) is 78.1 Å². The molecule has 5 amide bonds. The highest BCUT2D eigenvalue weighted by molar-refractivity contribution is 6.02. The van der Waals surface area contributed by atoms with Gasteiger partial charge in [-0.25, -0.2) is 9.59 Å². The van der Waals surface area contributed by atoms with E-state index in [1.54, 1.807) is 0 Å². The number of carbonyl (C=O) groups excluding carboxylic acids is 7. The molecule has 12 nitrogen and oxygen atoms in total. The highest BCUT2D eigenvalue weighted by atomic mass is 16.7. The van der Waals surface area contributed by atoms with Crippen LogP contribution in [0, 0.1) is 5.92 Å². The highest BCUT2D eigenvalue weighted by Crippen LogP contribution is 2.14. The third-order valence-corrected chi connectivity index (χ3v) is 4.38. The summed E-state index contributed by atoms with van der Waals surface area (Å²) in [4.78, 5) is 86.6. The molecule has 0 atom stereocenters. The Bertz CT molecular complexity index is 731. The molecule has 2 heterocycles. The van der Waals surface area contributed by atoms with Crippen molar-refractivity contribution in [1.29, 1.82) is 0 Å². The fourth-order valence-corrected chi connectivity index (χ4v) is 2.59. The average molecular weight is 455 g/mol. The summed E-state index contributed by atoms with van der Waals surface area (Å²) >= 11 is 0. The zero-order chi connectivity index (χ0) is 24.3. The smallest absolute Gasteiger partial charge is 0.333 e. The van der Waals surface area contributed by atoms with Gasteiger partial charge in [-0.15, -0.1) is 10.1 Å². The Balaban J connectivity index is 0.000000323. The Labute approximate surface area is 185 Å². The van der Waals surface area contributed by atoms with Gasteiger partial charge in [-0.05, 0) is 25.2 Å². The van der Waals surface area contributed by atoms with Crippen molar-refractivity contribution in [3.63, 3.8) is 0 Å². The molecule has 0 aromatic rings. The van der Waals surface area contributed by atoms with Crippen LogP contribution in [0.5, 0.6) is 0 Å². The lowest BCUT2D eigenvalue weighted by Crippen LogP contribution is -2.32. The molecule has 0 radical (unpaired) electrons. The summed E-state index contributed by atoms with van der Waals surface area (Å²) in [5.41, 5.74) is 4.93. The van der Waals surface area contributed by atoms with Gasteiger partial charge in [0, 0.05) is 44.9 Å². The Morgan fingerprint density at radius 3 is 1.50 bits per heavy atom. The monoisotopic (exact) mass is 455 g/mol. The maximum atomic E-state index is 11.3. The van der Waals surface area contributed by atoms with Gasteiger partial charge in [0.05, 0.1) is 0 Å². The molecule has 2 N–H and O–H groups in total.